The van der Waals surface area contributed by atoms with Crippen molar-refractivity contribution in [2.75, 3.05) is 7.11 Å². The van der Waals surface area contributed by atoms with E-state index in [1.54, 1.807) is 0 Å². The molecule has 0 fully saturated rings. The van der Waals surface area contributed by atoms with Crippen LogP contribution in [-0.2, 0) is 4.74 Å². The molecule has 0 bridgehead atoms. The summed E-state index contributed by atoms with van der Waals surface area (Å²) in [5, 5.41) is 3.33. The summed E-state index contributed by atoms with van der Waals surface area (Å²) in [5.41, 5.74) is 0. The van der Waals surface area contributed by atoms with Crippen LogP contribution in [0.25, 0.3) is 0 Å². The third-order valence-electron chi connectivity index (χ3n) is 5.40. The summed E-state index contributed by atoms with van der Waals surface area (Å²) in [6.07, 6.45) is 12.6. The molecule has 0 aromatic carbocycles. The van der Waals surface area contributed by atoms with Gasteiger partial charge in [-0.3, -0.25) is 0 Å². The van der Waals surface area contributed by atoms with E-state index in [1.165, 1.54) is 84.6 Å². The van der Waals surface area contributed by atoms with E-state index in [-0.39, 0.29) is 6.09 Å². The molecule has 144 valence electrons. The summed E-state index contributed by atoms with van der Waals surface area (Å²) >= 11 is -2.43. The number of hydrogen-bond donors (Lipinski definition) is 1. The third kappa shape index (κ3) is 9.53. The van der Waals surface area contributed by atoms with Gasteiger partial charge >= 0.3 is 156 Å². The summed E-state index contributed by atoms with van der Waals surface area (Å²) in [6.45, 7) is 9.16. The van der Waals surface area contributed by atoms with Crippen LogP contribution in [0.15, 0.2) is 0 Å². The van der Waals surface area contributed by atoms with Gasteiger partial charge < -0.3 is 0 Å². The maximum absolute atomic E-state index is 12.0. The fourth-order valence-electron chi connectivity index (χ4n) is 3.82. The van der Waals surface area contributed by atoms with E-state index in [1.807, 2.05) is 0 Å². The zero-order valence-electron chi connectivity index (χ0n) is 17.1. The van der Waals surface area contributed by atoms with Crippen molar-refractivity contribution in [3.63, 3.8) is 0 Å². The van der Waals surface area contributed by atoms with Crippen molar-refractivity contribution in [3.8, 4) is 0 Å². The number of carbonyl (C=O) groups is 1. The van der Waals surface area contributed by atoms with Crippen LogP contribution in [0.2, 0.25) is 13.3 Å². The Morgan fingerprint density at radius 1 is 0.833 bits per heavy atom. The molecular formula is C20H43NO2Sn. The molecule has 0 aromatic heterocycles. The minimum atomic E-state index is -2.43. The van der Waals surface area contributed by atoms with Gasteiger partial charge in [-0.15, -0.1) is 0 Å². The first-order valence-electron chi connectivity index (χ1n) is 10.4. The van der Waals surface area contributed by atoms with E-state index in [0.717, 1.165) is 0 Å². The van der Waals surface area contributed by atoms with Crippen LogP contribution < -0.4 is 5.32 Å². The molecule has 1 atom stereocenters. The van der Waals surface area contributed by atoms with Crippen molar-refractivity contribution < 1.29 is 9.53 Å². The molecule has 3 nitrogen and oxygen atoms in total. The molecule has 0 aliphatic carbocycles. The average molecular weight is 448 g/mol. The van der Waals surface area contributed by atoms with Crippen molar-refractivity contribution in [3.05, 3.63) is 0 Å². The second-order valence-electron chi connectivity index (χ2n) is 7.36. The molecular weight excluding hydrogens is 405 g/mol. The summed E-state index contributed by atoms with van der Waals surface area (Å²) in [6, 6.07) is 0. The molecule has 1 amide bonds. The minimum absolute atomic E-state index is 0.206. The topological polar surface area (TPSA) is 38.3 Å². The van der Waals surface area contributed by atoms with Crippen LogP contribution in [0.4, 0.5) is 4.79 Å². The van der Waals surface area contributed by atoms with E-state index in [0.29, 0.717) is 4.06 Å². The number of carbonyl (C=O) groups excluding carboxylic acids is 1. The Morgan fingerprint density at radius 3 is 1.67 bits per heavy atom. The first-order chi connectivity index (χ1) is 11.6. The van der Waals surface area contributed by atoms with Gasteiger partial charge in [0, 0.05) is 0 Å². The fourth-order valence-corrected chi connectivity index (χ4v) is 21.5. The number of ether oxygens (including phenoxy) is 1. The molecule has 0 spiro atoms. The first-order valence-corrected chi connectivity index (χ1v) is 18.1. The zero-order valence-corrected chi connectivity index (χ0v) is 19.9. The molecule has 0 rings (SSSR count). The van der Waals surface area contributed by atoms with Crippen LogP contribution in [0, 0.1) is 0 Å². The molecule has 0 saturated carbocycles. The number of hydrogen-bond acceptors (Lipinski definition) is 2. The van der Waals surface area contributed by atoms with E-state index in [4.69, 9.17) is 4.74 Å². The summed E-state index contributed by atoms with van der Waals surface area (Å²) in [7, 11) is 1.50. The van der Waals surface area contributed by atoms with Gasteiger partial charge in [-0.1, -0.05) is 0 Å². The fraction of sp³-hybridized carbons (Fsp3) is 0.950. The average Bonchev–Trinajstić information content (AvgIpc) is 2.60. The van der Waals surface area contributed by atoms with Crippen molar-refractivity contribution in [2.24, 2.45) is 0 Å². The zero-order chi connectivity index (χ0) is 18.3. The second-order valence-corrected chi connectivity index (χ2v) is 21.4. The monoisotopic (exact) mass is 449 g/mol. The molecule has 0 heterocycles. The van der Waals surface area contributed by atoms with Gasteiger partial charge in [-0.05, 0) is 0 Å². The van der Waals surface area contributed by atoms with Crippen LogP contribution in [-0.4, -0.2) is 35.6 Å². The van der Waals surface area contributed by atoms with Gasteiger partial charge in [0.25, 0.3) is 0 Å². The van der Waals surface area contributed by atoms with Gasteiger partial charge in [0.15, 0.2) is 0 Å². The Bertz CT molecular complexity index is 288. The van der Waals surface area contributed by atoms with Crippen LogP contribution in [0.1, 0.15) is 91.9 Å². The molecule has 0 aromatic rings. The molecule has 0 aliphatic rings. The Hall–Kier alpha value is 0.0687. The maximum atomic E-state index is 12.0. The van der Waals surface area contributed by atoms with Gasteiger partial charge in [-0.25, -0.2) is 0 Å². The number of methoxy groups -OCH3 is 1. The Morgan fingerprint density at radius 2 is 1.29 bits per heavy atom. The predicted octanol–water partition coefficient (Wildman–Crippen LogP) is 6.68. The van der Waals surface area contributed by atoms with E-state index in [9.17, 15) is 4.79 Å². The Kier molecular flexibility index (Phi) is 15.4. The number of unbranched alkanes of at least 4 members (excludes halogenated alkanes) is 5. The van der Waals surface area contributed by atoms with Crippen LogP contribution in [0.3, 0.4) is 0 Å². The van der Waals surface area contributed by atoms with Gasteiger partial charge in [0.1, 0.15) is 0 Å². The third-order valence-corrected chi connectivity index (χ3v) is 22.4. The molecule has 24 heavy (non-hydrogen) atoms. The molecule has 4 heteroatoms. The van der Waals surface area contributed by atoms with Crippen molar-refractivity contribution in [2.45, 2.75) is 109 Å². The number of amides is 1. The van der Waals surface area contributed by atoms with E-state index in [2.05, 4.69) is 33.0 Å². The van der Waals surface area contributed by atoms with Crippen molar-refractivity contribution >= 4 is 24.5 Å². The van der Waals surface area contributed by atoms with Gasteiger partial charge in [0.05, 0.1) is 0 Å². The number of rotatable bonds is 15. The molecule has 0 saturated heterocycles. The Labute approximate surface area is 155 Å². The van der Waals surface area contributed by atoms with Crippen molar-refractivity contribution in [1.29, 1.82) is 0 Å². The summed E-state index contributed by atoms with van der Waals surface area (Å²) < 4.78 is 9.75. The van der Waals surface area contributed by atoms with E-state index >= 15 is 0 Å². The molecule has 0 aliphatic heterocycles. The predicted molar refractivity (Wildman–Crippen MR) is 108 cm³/mol. The first kappa shape index (κ1) is 24.1. The molecule has 1 N–H and O–H groups in total. The summed E-state index contributed by atoms with van der Waals surface area (Å²) in [5.74, 6) is 0. The summed E-state index contributed by atoms with van der Waals surface area (Å²) in [4.78, 5) is 12.0. The normalized spacial score (nSPS) is 12.9. The van der Waals surface area contributed by atoms with Crippen molar-refractivity contribution in [1.82, 2.24) is 5.32 Å². The standard InChI is InChI=1S/C8H16NO2.3C4H9.Sn/c1-3-4-5-6-7-9-8(10)11-2;3*1-3-4-2;/h7H,3-6H2,1-2H3,(H,9,10);3*1,3-4H2,2H3;. The van der Waals surface area contributed by atoms with Gasteiger partial charge in [-0.2, -0.15) is 0 Å². The SMILES string of the molecule is CCCCC[CH](NC(=O)OC)[Sn]([CH2]CCC)([CH2]CCC)[CH2]CCC. The van der Waals surface area contributed by atoms with E-state index < -0.39 is 18.4 Å². The molecule has 0 radical (unpaired) electrons. The number of nitrogens with one attached hydrogen (secondary N) is 1. The number of alkyl carbamates (subject to hydrolysis) is 1. The van der Waals surface area contributed by atoms with Gasteiger partial charge in [0.2, 0.25) is 0 Å². The molecule has 1 unspecified atom stereocenters. The van der Waals surface area contributed by atoms with Crippen LogP contribution >= 0.6 is 0 Å². The van der Waals surface area contributed by atoms with Crippen LogP contribution in [0.5, 0.6) is 0 Å². The Balaban J connectivity index is 5.36. The second kappa shape index (κ2) is 15.3. The quantitative estimate of drug-likeness (QED) is 0.224.